The van der Waals surface area contributed by atoms with Crippen LogP contribution < -0.4 is 10.2 Å². The van der Waals surface area contributed by atoms with E-state index in [0.717, 1.165) is 50.0 Å². The van der Waals surface area contributed by atoms with Crippen molar-refractivity contribution in [2.45, 2.75) is 33.0 Å². The number of aromatic nitrogens is 2. The van der Waals surface area contributed by atoms with Crippen molar-refractivity contribution in [3.8, 4) is 0 Å². The minimum absolute atomic E-state index is 0.0185. The van der Waals surface area contributed by atoms with E-state index >= 15 is 0 Å². The Bertz CT molecular complexity index is 1030. The van der Waals surface area contributed by atoms with E-state index in [9.17, 15) is 9.59 Å². The van der Waals surface area contributed by atoms with Gasteiger partial charge in [0.25, 0.3) is 7.41 Å². The van der Waals surface area contributed by atoms with Crippen LogP contribution in [0.3, 0.4) is 0 Å². The van der Waals surface area contributed by atoms with Crippen LogP contribution in [0.1, 0.15) is 36.6 Å². The molecule has 1 aromatic carbocycles. The lowest BCUT2D eigenvalue weighted by Gasteiger charge is -2.60. The number of anilines is 2. The smallest absolute Gasteiger partial charge is 0.415 e. The highest BCUT2D eigenvalue weighted by Gasteiger charge is 2.50. The van der Waals surface area contributed by atoms with E-state index in [2.05, 4.69) is 56.2 Å². The Hall–Kier alpha value is -2.98. The number of carbonyl (C=O) groups is 2. The number of amides is 1. The number of benzene rings is 1. The fourth-order valence-electron chi connectivity index (χ4n) is 5.05. The van der Waals surface area contributed by atoms with Gasteiger partial charge in [-0.15, -0.1) is 0 Å². The predicted octanol–water partition coefficient (Wildman–Crippen LogP) is 2.05. The van der Waals surface area contributed by atoms with Crippen LogP contribution >= 0.6 is 0 Å². The summed E-state index contributed by atoms with van der Waals surface area (Å²) in [5, 5.41) is 3.35. The van der Waals surface area contributed by atoms with Crippen LogP contribution in [0.15, 0.2) is 30.5 Å². The van der Waals surface area contributed by atoms with Crippen LogP contribution in [0.2, 0.25) is 0 Å². The lowest BCUT2D eigenvalue weighted by molar-refractivity contribution is -0.0855. The molecule has 2 aromatic rings. The number of carbonyl (C=O) groups excluding carboxylic acids is 2. The van der Waals surface area contributed by atoms with Crippen molar-refractivity contribution in [3.63, 3.8) is 0 Å². The van der Waals surface area contributed by atoms with Crippen molar-refractivity contribution >= 4 is 31.5 Å². The first-order valence-electron chi connectivity index (χ1n) is 11.4. The standard InChI is InChI=1S/C23H28BN6O3/c1-3-30-20-19(10-33-22(30)32)8-25-21(27-20)26-16(2)18-6-4-17(5-7-18)9-28-11-23(12-28)13-29(14-23)24-15-31/h4-8,15-16H,3,9-14H2,1-2H3,(H,25,26,27)/t16-/m0/s1. The van der Waals surface area contributed by atoms with Gasteiger partial charge >= 0.3 is 6.09 Å². The summed E-state index contributed by atoms with van der Waals surface area (Å²) >= 11 is 0. The largest absolute Gasteiger partial charge is 0.444 e. The Morgan fingerprint density at radius 2 is 2.00 bits per heavy atom. The molecular formula is C23H28BN6O3. The summed E-state index contributed by atoms with van der Waals surface area (Å²) in [6.07, 6.45) is 2.21. The van der Waals surface area contributed by atoms with Gasteiger partial charge in [-0.25, -0.2) is 9.78 Å². The summed E-state index contributed by atoms with van der Waals surface area (Å²) in [6, 6.07) is 8.65. The second kappa shape index (κ2) is 8.76. The first-order valence-corrected chi connectivity index (χ1v) is 11.4. The highest BCUT2D eigenvalue weighted by molar-refractivity contribution is 6.64. The minimum Gasteiger partial charge on any atom is -0.444 e. The predicted molar refractivity (Wildman–Crippen MR) is 126 cm³/mol. The van der Waals surface area contributed by atoms with E-state index in [1.54, 1.807) is 13.6 Å². The first kappa shape index (κ1) is 21.8. The number of fused-ring (bicyclic) bond motifs is 1. The minimum atomic E-state index is -0.375. The number of ether oxygens (including phenoxy) is 1. The molecule has 2 fully saturated rings. The lowest BCUT2D eigenvalue weighted by atomic mass is 9.68. The van der Waals surface area contributed by atoms with Crippen LogP contribution in [0.5, 0.6) is 0 Å². The second-order valence-electron chi connectivity index (χ2n) is 9.28. The van der Waals surface area contributed by atoms with Crippen molar-refractivity contribution in [2.75, 3.05) is 42.9 Å². The summed E-state index contributed by atoms with van der Waals surface area (Å²) in [6.45, 7) is 9.77. The fraction of sp³-hybridized carbons (Fsp3) is 0.478. The van der Waals surface area contributed by atoms with Crippen molar-refractivity contribution in [2.24, 2.45) is 5.41 Å². The van der Waals surface area contributed by atoms with Crippen molar-refractivity contribution in [1.82, 2.24) is 19.7 Å². The SMILES string of the molecule is CCN1C(=O)OCc2cnc(N[C@@H](C)c3ccc(CN4CC5(CN([B]C=O)C5)C4)cc3)nc21. The molecule has 1 amide bonds. The first-order chi connectivity index (χ1) is 16.0. The average Bonchev–Trinajstić information content (AvgIpc) is 2.76. The van der Waals surface area contributed by atoms with E-state index in [1.807, 2.05) is 6.92 Å². The Morgan fingerprint density at radius 1 is 1.24 bits per heavy atom. The topological polar surface area (TPSA) is 90.9 Å². The van der Waals surface area contributed by atoms with Crippen LogP contribution in [0.25, 0.3) is 0 Å². The van der Waals surface area contributed by atoms with E-state index in [1.165, 1.54) is 10.5 Å². The maximum Gasteiger partial charge on any atom is 0.415 e. The summed E-state index contributed by atoms with van der Waals surface area (Å²) in [4.78, 5) is 37.6. The van der Waals surface area contributed by atoms with Gasteiger partial charge in [-0.05, 0) is 38.1 Å². The maximum absolute atomic E-state index is 12.0. The van der Waals surface area contributed by atoms with Crippen molar-refractivity contribution in [3.05, 3.63) is 47.2 Å². The third kappa shape index (κ3) is 4.32. The molecule has 1 atom stereocenters. The quantitative estimate of drug-likeness (QED) is 0.486. The molecule has 0 saturated carbocycles. The lowest BCUT2D eigenvalue weighted by Crippen LogP contribution is -2.72. The molecule has 5 rings (SSSR count). The average molecular weight is 447 g/mol. The molecule has 171 valence electrons. The van der Waals surface area contributed by atoms with Crippen LogP contribution in [0, 0.1) is 5.41 Å². The van der Waals surface area contributed by atoms with Crippen LogP contribution in [-0.4, -0.2) is 72.1 Å². The molecule has 4 heterocycles. The molecule has 9 nitrogen and oxygen atoms in total. The van der Waals surface area contributed by atoms with Gasteiger partial charge in [0.1, 0.15) is 12.4 Å². The highest BCUT2D eigenvalue weighted by Crippen LogP contribution is 2.39. The van der Waals surface area contributed by atoms with E-state index < -0.39 is 0 Å². The molecule has 1 N–H and O–H groups in total. The zero-order chi connectivity index (χ0) is 23.0. The van der Waals surface area contributed by atoms with Crippen molar-refractivity contribution < 1.29 is 14.3 Å². The van der Waals surface area contributed by atoms with Gasteiger partial charge in [0.15, 0.2) is 0 Å². The number of cyclic esters (lactones) is 1. The highest BCUT2D eigenvalue weighted by atomic mass is 16.6. The summed E-state index contributed by atoms with van der Waals surface area (Å²) in [5.41, 5.74) is 3.63. The Labute approximate surface area is 194 Å². The van der Waals surface area contributed by atoms with Gasteiger partial charge in [0.05, 0.1) is 17.8 Å². The van der Waals surface area contributed by atoms with Gasteiger partial charge in [-0.1, -0.05) is 24.3 Å². The molecule has 10 heteroatoms. The molecule has 1 spiro atoms. The Morgan fingerprint density at radius 3 is 2.70 bits per heavy atom. The number of nitrogens with zero attached hydrogens (tertiary/aromatic N) is 5. The van der Waals surface area contributed by atoms with E-state index in [-0.39, 0.29) is 18.7 Å². The third-order valence-electron chi connectivity index (χ3n) is 6.68. The Kier molecular flexibility index (Phi) is 5.80. The van der Waals surface area contributed by atoms with E-state index in [0.29, 0.717) is 23.7 Å². The Balaban J connectivity index is 1.16. The van der Waals surface area contributed by atoms with E-state index in [4.69, 9.17) is 4.74 Å². The molecule has 1 aromatic heterocycles. The number of rotatable bonds is 8. The molecule has 0 unspecified atom stereocenters. The third-order valence-corrected chi connectivity index (χ3v) is 6.68. The normalized spacial score (nSPS) is 20.3. The summed E-state index contributed by atoms with van der Waals surface area (Å²) in [7, 11) is 1.64. The van der Waals surface area contributed by atoms with Gasteiger partial charge < -0.3 is 19.7 Å². The monoisotopic (exact) mass is 447 g/mol. The van der Waals surface area contributed by atoms with Gasteiger partial charge in [0, 0.05) is 37.8 Å². The number of hydrogen-bond acceptors (Lipinski definition) is 8. The van der Waals surface area contributed by atoms with Gasteiger partial charge in [-0.2, -0.15) is 4.98 Å². The number of hydrogen-bond donors (Lipinski definition) is 1. The molecule has 3 aliphatic rings. The second-order valence-corrected chi connectivity index (χ2v) is 9.28. The molecule has 0 bridgehead atoms. The number of nitrogens with one attached hydrogen (secondary N) is 1. The maximum atomic E-state index is 12.0. The molecule has 0 aliphatic carbocycles. The molecule has 2 saturated heterocycles. The van der Waals surface area contributed by atoms with Gasteiger partial charge in [-0.3, -0.25) is 9.80 Å². The molecule has 3 aliphatic heterocycles. The molecule has 33 heavy (non-hydrogen) atoms. The van der Waals surface area contributed by atoms with Crippen LogP contribution in [-0.2, 0) is 22.7 Å². The van der Waals surface area contributed by atoms with Gasteiger partial charge in [0.2, 0.25) is 5.95 Å². The molecular weight excluding hydrogens is 419 g/mol. The zero-order valence-corrected chi connectivity index (χ0v) is 19.0. The summed E-state index contributed by atoms with van der Waals surface area (Å²) in [5.74, 6) is 1.10. The fourth-order valence-corrected chi connectivity index (χ4v) is 5.05. The summed E-state index contributed by atoms with van der Waals surface area (Å²) < 4.78 is 5.15. The number of likely N-dealkylation sites (tertiary alicyclic amines) is 1. The molecule has 1 radical (unpaired) electrons. The van der Waals surface area contributed by atoms with Crippen molar-refractivity contribution in [1.29, 1.82) is 0 Å². The van der Waals surface area contributed by atoms with Crippen LogP contribution in [0.4, 0.5) is 16.6 Å². The zero-order valence-electron chi connectivity index (χ0n) is 19.0.